The highest BCUT2D eigenvalue weighted by molar-refractivity contribution is 7.99. The zero-order chi connectivity index (χ0) is 20.9. The lowest BCUT2D eigenvalue weighted by Gasteiger charge is -2.04. The molecule has 154 valence electrons. The Kier molecular flexibility index (Phi) is 6.45. The fourth-order valence-electron chi connectivity index (χ4n) is 2.52. The van der Waals surface area contributed by atoms with Crippen LogP contribution in [0, 0.1) is 11.6 Å². The summed E-state index contributed by atoms with van der Waals surface area (Å²) < 4.78 is 28.1. The summed E-state index contributed by atoms with van der Waals surface area (Å²) in [6.07, 6.45) is 0.814. The molecule has 0 aliphatic rings. The summed E-state index contributed by atoms with van der Waals surface area (Å²) in [5, 5.41) is 18.9. The highest BCUT2D eigenvalue weighted by Crippen LogP contribution is 2.26. The van der Waals surface area contributed by atoms with Gasteiger partial charge in [0.05, 0.1) is 18.0 Å². The van der Waals surface area contributed by atoms with Crippen LogP contribution < -0.4 is 5.32 Å². The van der Waals surface area contributed by atoms with Crippen molar-refractivity contribution in [1.29, 1.82) is 0 Å². The molecule has 0 aliphatic heterocycles. The number of aromatic nitrogens is 5. The van der Waals surface area contributed by atoms with Crippen molar-refractivity contribution in [3.63, 3.8) is 0 Å². The fraction of sp³-hybridized carbons (Fsp3) is 0.167. The molecule has 0 bridgehead atoms. The molecule has 30 heavy (non-hydrogen) atoms. The van der Waals surface area contributed by atoms with E-state index >= 15 is 0 Å². The van der Waals surface area contributed by atoms with Gasteiger partial charge < -0.3 is 5.32 Å². The number of benzene rings is 1. The molecule has 1 aromatic carbocycles. The van der Waals surface area contributed by atoms with E-state index < -0.39 is 11.6 Å². The van der Waals surface area contributed by atoms with E-state index in [0.29, 0.717) is 28.1 Å². The zero-order valence-electron chi connectivity index (χ0n) is 15.3. The van der Waals surface area contributed by atoms with Crippen LogP contribution in [0.25, 0.3) is 11.3 Å². The van der Waals surface area contributed by atoms with Crippen molar-refractivity contribution in [1.82, 2.24) is 25.2 Å². The smallest absolute Gasteiger partial charge is 0.236 e. The monoisotopic (exact) mass is 464 g/mol. The maximum Gasteiger partial charge on any atom is 0.236 e. The van der Waals surface area contributed by atoms with Gasteiger partial charge in [0.1, 0.15) is 0 Å². The predicted octanol–water partition coefficient (Wildman–Crippen LogP) is 4.11. The average Bonchev–Trinajstić information content (AvgIpc) is 3.49. The summed E-state index contributed by atoms with van der Waals surface area (Å²) in [5.41, 5.74) is 0.893. The SMILES string of the molecule is O=C(CSc1nnnn1CCc1cccs1)Nc1nc(-c2ccc(F)c(F)c2)cs1. The van der Waals surface area contributed by atoms with Crippen LogP contribution in [-0.2, 0) is 17.8 Å². The molecule has 0 atom stereocenters. The number of hydrogen-bond acceptors (Lipinski definition) is 8. The number of carbonyl (C=O) groups excluding carboxylic acids is 1. The van der Waals surface area contributed by atoms with Gasteiger partial charge in [0.25, 0.3) is 0 Å². The summed E-state index contributed by atoms with van der Waals surface area (Å²) in [6.45, 7) is 0.627. The number of rotatable bonds is 8. The van der Waals surface area contributed by atoms with Crippen molar-refractivity contribution in [3.8, 4) is 11.3 Å². The van der Waals surface area contributed by atoms with Gasteiger partial charge in [0, 0.05) is 22.2 Å². The number of amides is 1. The van der Waals surface area contributed by atoms with Gasteiger partial charge in [-0.1, -0.05) is 17.8 Å². The van der Waals surface area contributed by atoms with Crippen molar-refractivity contribution < 1.29 is 13.6 Å². The van der Waals surface area contributed by atoms with Crippen molar-refractivity contribution in [3.05, 3.63) is 57.6 Å². The molecule has 1 amide bonds. The molecule has 4 aromatic rings. The molecular formula is C18H14F2N6OS3. The third-order valence-electron chi connectivity index (χ3n) is 3.95. The number of carbonyl (C=O) groups is 1. The summed E-state index contributed by atoms with van der Waals surface area (Å²) in [7, 11) is 0. The number of aryl methyl sites for hydroxylation is 2. The lowest BCUT2D eigenvalue weighted by atomic mass is 10.2. The molecule has 0 saturated heterocycles. The number of nitrogens with one attached hydrogen (secondary N) is 1. The van der Waals surface area contributed by atoms with E-state index in [9.17, 15) is 13.6 Å². The Hall–Kier alpha value is -2.70. The van der Waals surface area contributed by atoms with E-state index in [2.05, 4.69) is 31.9 Å². The summed E-state index contributed by atoms with van der Waals surface area (Å²) >= 11 is 4.11. The van der Waals surface area contributed by atoms with E-state index in [1.807, 2.05) is 11.4 Å². The van der Waals surface area contributed by atoms with Gasteiger partial charge in [-0.25, -0.2) is 18.4 Å². The first kappa shape index (κ1) is 20.6. The van der Waals surface area contributed by atoms with Gasteiger partial charge in [-0.2, -0.15) is 0 Å². The first-order valence-electron chi connectivity index (χ1n) is 8.70. The molecule has 0 radical (unpaired) electrons. The van der Waals surface area contributed by atoms with Crippen LogP contribution in [0.5, 0.6) is 0 Å². The van der Waals surface area contributed by atoms with Crippen molar-refractivity contribution in [2.45, 2.75) is 18.1 Å². The largest absolute Gasteiger partial charge is 0.301 e. The Labute approximate surface area is 182 Å². The van der Waals surface area contributed by atoms with E-state index in [-0.39, 0.29) is 11.7 Å². The normalized spacial score (nSPS) is 11.0. The van der Waals surface area contributed by atoms with Crippen LogP contribution in [0.3, 0.4) is 0 Å². The topological polar surface area (TPSA) is 85.6 Å². The Morgan fingerprint density at radius 3 is 2.90 bits per heavy atom. The molecule has 12 heteroatoms. The Bertz CT molecular complexity index is 1140. The molecule has 3 aromatic heterocycles. The van der Waals surface area contributed by atoms with E-state index in [1.54, 1.807) is 21.4 Å². The molecule has 0 saturated carbocycles. The zero-order valence-corrected chi connectivity index (χ0v) is 17.7. The molecule has 0 aliphatic carbocycles. The highest BCUT2D eigenvalue weighted by atomic mass is 32.2. The first-order valence-corrected chi connectivity index (χ1v) is 11.4. The van der Waals surface area contributed by atoms with Gasteiger partial charge in [0.15, 0.2) is 16.8 Å². The highest BCUT2D eigenvalue weighted by Gasteiger charge is 2.13. The van der Waals surface area contributed by atoms with Crippen molar-refractivity contribution in [2.24, 2.45) is 0 Å². The maximum absolute atomic E-state index is 13.4. The second-order valence-corrected chi connectivity index (χ2v) is 8.85. The predicted molar refractivity (Wildman–Crippen MR) is 113 cm³/mol. The molecule has 3 heterocycles. The number of nitrogens with zero attached hydrogens (tertiary/aromatic N) is 5. The van der Waals surface area contributed by atoms with E-state index in [0.717, 1.165) is 18.6 Å². The van der Waals surface area contributed by atoms with Crippen LogP contribution >= 0.6 is 34.4 Å². The minimum atomic E-state index is -0.945. The van der Waals surface area contributed by atoms with E-state index in [1.165, 1.54) is 34.0 Å². The van der Waals surface area contributed by atoms with Gasteiger partial charge in [-0.3, -0.25) is 4.79 Å². The summed E-state index contributed by atoms with van der Waals surface area (Å²) in [5.74, 6) is -2.02. The lowest BCUT2D eigenvalue weighted by molar-refractivity contribution is -0.113. The molecule has 0 spiro atoms. The molecule has 4 rings (SSSR count). The second-order valence-electron chi connectivity index (χ2n) is 6.02. The van der Waals surface area contributed by atoms with Gasteiger partial charge in [0.2, 0.25) is 11.1 Å². The summed E-state index contributed by atoms with van der Waals surface area (Å²) in [4.78, 5) is 17.7. The minimum absolute atomic E-state index is 0.111. The van der Waals surface area contributed by atoms with Crippen LogP contribution in [0.1, 0.15) is 4.88 Å². The first-order chi connectivity index (χ1) is 14.6. The quantitative estimate of drug-likeness (QED) is 0.395. The number of thioether (sulfide) groups is 1. The number of thiazole rings is 1. The average molecular weight is 465 g/mol. The summed E-state index contributed by atoms with van der Waals surface area (Å²) in [6, 6.07) is 7.60. The van der Waals surface area contributed by atoms with Crippen LogP contribution in [0.15, 0.2) is 46.2 Å². The Morgan fingerprint density at radius 1 is 1.20 bits per heavy atom. The molecule has 7 nitrogen and oxygen atoms in total. The van der Waals surface area contributed by atoms with Crippen LogP contribution in [0.2, 0.25) is 0 Å². The third kappa shape index (κ3) is 5.07. The van der Waals surface area contributed by atoms with E-state index in [4.69, 9.17) is 0 Å². The molecule has 0 unspecified atom stereocenters. The standard InChI is InChI=1S/C18H14F2N6OS3/c19-13-4-3-11(8-14(13)20)15-9-29-17(21-15)22-16(27)10-30-18-23-24-25-26(18)6-5-12-2-1-7-28-12/h1-4,7-9H,5-6,10H2,(H,21,22,27). The van der Waals surface area contributed by atoms with Crippen LogP contribution in [0.4, 0.5) is 13.9 Å². The number of tetrazole rings is 1. The Morgan fingerprint density at radius 2 is 2.10 bits per heavy atom. The minimum Gasteiger partial charge on any atom is -0.301 e. The van der Waals surface area contributed by atoms with Gasteiger partial charge in [-0.05, 0) is 40.1 Å². The molecular weight excluding hydrogens is 450 g/mol. The van der Waals surface area contributed by atoms with Crippen molar-refractivity contribution >= 4 is 45.5 Å². The van der Waals surface area contributed by atoms with Gasteiger partial charge in [-0.15, -0.1) is 27.8 Å². The third-order valence-corrected chi connectivity index (χ3v) is 6.60. The Balaban J connectivity index is 1.31. The molecule has 1 N–H and O–H groups in total. The number of thiophene rings is 1. The number of hydrogen-bond donors (Lipinski definition) is 1. The number of anilines is 1. The van der Waals surface area contributed by atoms with Crippen LogP contribution in [-0.4, -0.2) is 36.9 Å². The second kappa shape index (κ2) is 9.41. The van der Waals surface area contributed by atoms with Crippen molar-refractivity contribution in [2.75, 3.05) is 11.1 Å². The molecule has 0 fully saturated rings. The van der Waals surface area contributed by atoms with Gasteiger partial charge >= 0.3 is 0 Å². The fourth-order valence-corrected chi connectivity index (χ4v) is 4.65. The maximum atomic E-state index is 13.4. The number of halogens is 2. The lowest BCUT2D eigenvalue weighted by Crippen LogP contribution is -2.14.